The van der Waals surface area contributed by atoms with Crippen LogP contribution < -0.4 is 0 Å². The lowest BCUT2D eigenvalue weighted by atomic mass is 9.96. The molecule has 1 aliphatic carbocycles. The number of aromatic nitrogens is 1. The van der Waals surface area contributed by atoms with Crippen molar-refractivity contribution in [1.82, 2.24) is 4.98 Å². The predicted molar refractivity (Wildman–Crippen MR) is 68.9 cm³/mol. The van der Waals surface area contributed by atoms with E-state index in [0.717, 1.165) is 0 Å². The van der Waals surface area contributed by atoms with Crippen LogP contribution in [-0.2, 0) is 12.8 Å². The summed E-state index contributed by atoms with van der Waals surface area (Å²) < 4.78 is 0. The van der Waals surface area contributed by atoms with Gasteiger partial charge in [-0.15, -0.1) is 0 Å². The van der Waals surface area contributed by atoms with E-state index in [2.05, 4.69) is 30.1 Å². The standard InChI is InChI=1S/C15H19N/c1-11-8-9-15-13(10-11)12-6-4-2-3-5-7-14(12)16-15/h8-10,16H,2-7H2,1H3. The third-order valence-electron chi connectivity index (χ3n) is 3.75. The molecule has 0 spiro atoms. The van der Waals surface area contributed by atoms with Gasteiger partial charge in [-0.05, 0) is 50.3 Å². The Bertz CT molecular complexity index is 507. The summed E-state index contributed by atoms with van der Waals surface area (Å²) >= 11 is 0. The van der Waals surface area contributed by atoms with E-state index >= 15 is 0 Å². The van der Waals surface area contributed by atoms with Crippen molar-refractivity contribution in [2.45, 2.75) is 45.4 Å². The summed E-state index contributed by atoms with van der Waals surface area (Å²) in [5, 5.41) is 1.47. The molecule has 3 rings (SSSR count). The first-order chi connectivity index (χ1) is 7.84. The zero-order chi connectivity index (χ0) is 11.0. The molecule has 0 aliphatic heterocycles. The molecule has 1 N–H and O–H groups in total. The molecule has 84 valence electrons. The molecule has 0 saturated carbocycles. The van der Waals surface area contributed by atoms with Gasteiger partial charge in [0.05, 0.1) is 0 Å². The number of fused-ring (bicyclic) bond motifs is 3. The second kappa shape index (κ2) is 3.97. The maximum absolute atomic E-state index is 3.61. The van der Waals surface area contributed by atoms with Crippen molar-refractivity contribution in [3.05, 3.63) is 35.0 Å². The Morgan fingerprint density at radius 3 is 2.69 bits per heavy atom. The lowest BCUT2D eigenvalue weighted by Crippen LogP contribution is -1.97. The second-order valence-corrected chi connectivity index (χ2v) is 5.05. The maximum Gasteiger partial charge on any atom is 0.0459 e. The van der Waals surface area contributed by atoms with E-state index in [1.807, 2.05) is 0 Å². The van der Waals surface area contributed by atoms with Crippen LogP contribution in [0.2, 0.25) is 0 Å². The first-order valence-electron chi connectivity index (χ1n) is 6.45. The van der Waals surface area contributed by atoms with Crippen LogP contribution in [0.1, 0.15) is 42.5 Å². The Balaban J connectivity index is 2.17. The Kier molecular flexibility index (Phi) is 2.47. The molecular weight excluding hydrogens is 194 g/mol. The summed E-state index contributed by atoms with van der Waals surface area (Å²) in [5.74, 6) is 0. The fourth-order valence-corrected chi connectivity index (χ4v) is 2.87. The van der Waals surface area contributed by atoms with E-state index in [9.17, 15) is 0 Å². The largest absolute Gasteiger partial charge is 0.358 e. The number of hydrogen-bond donors (Lipinski definition) is 1. The van der Waals surface area contributed by atoms with Crippen LogP contribution in [0.5, 0.6) is 0 Å². The number of nitrogens with one attached hydrogen (secondary N) is 1. The molecule has 1 heterocycles. The summed E-state index contributed by atoms with van der Waals surface area (Å²) in [5.41, 5.74) is 5.80. The molecule has 0 fully saturated rings. The lowest BCUT2D eigenvalue weighted by molar-refractivity contribution is 0.614. The van der Waals surface area contributed by atoms with Gasteiger partial charge in [-0.3, -0.25) is 0 Å². The van der Waals surface area contributed by atoms with Crippen molar-refractivity contribution in [3.63, 3.8) is 0 Å². The van der Waals surface area contributed by atoms with E-state index in [0.29, 0.717) is 0 Å². The molecule has 0 amide bonds. The van der Waals surface area contributed by atoms with E-state index < -0.39 is 0 Å². The third kappa shape index (κ3) is 1.64. The molecule has 0 bridgehead atoms. The molecule has 0 radical (unpaired) electrons. The van der Waals surface area contributed by atoms with Gasteiger partial charge in [0.2, 0.25) is 0 Å². The van der Waals surface area contributed by atoms with Gasteiger partial charge in [0.25, 0.3) is 0 Å². The van der Waals surface area contributed by atoms with Crippen LogP contribution in [0.25, 0.3) is 10.9 Å². The van der Waals surface area contributed by atoms with E-state index in [1.165, 1.54) is 60.7 Å². The molecule has 16 heavy (non-hydrogen) atoms. The number of benzene rings is 1. The molecule has 1 nitrogen and oxygen atoms in total. The van der Waals surface area contributed by atoms with Crippen molar-refractivity contribution in [3.8, 4) is 0 Å². The van der Waals surface area contributed by atoms with Crippen LogP contribution in [0.4, 0.5) is 0 Å². The molecule has 1 aromatic carbocycles. The van der Waals surface area contributed by atoms with Crippen LogP contribution in [0, 0.1) is 6.92 Å². The average molecular weight is 213 g/mol. The summed E-state index contributed by atoms with van der Waals surface area (Å²) in [6.45, 7) is 2.18. The van der Waals surface area contributed by atoms with Crippen LogP contribution in [0.15, 0.2) is 18.2 Å². The van der Waals surface area contributed by atoms with E-state index in [-0.39, 0.29) is 0 Å². The monoisotopic (exact) mass is 213 g/mol. The van der Waals surface area contributed by atoms with Crippen LogP contribution >= 0.6 is 0 Å². The average Bonchev–Trinajstić information content (AvgIpc) is 2.55. The minimum Gasteiger partial charge on any atom is -0.358 e. The fourth-order valence-electron chi connectivity index (χ4n) is 2.87. The Morgan fingerprint density at radius 2 is 1.81 bits per heavy atom. The van der Waals surface area contributed by atoms with Gasteiger partial charge < -0.3 is 4.98 Å². The van der Waals surface area contributed by atoms with E-state index in [4.69, 9.17) is 0 Å². The lowest BCUT2D eigenvalue weighted by Gasteiger charge is -2.09. The van der Waals surface area contributed by atoms with Gasteiger partial charge in [0, 0.05) is 16.6 Å². The van der Waals surface area contributed by atoms with Crippen LogP contribution in [-0.4, -0.2) is 4.98 Å². The van der Waals surface area contributed by atoms with Gasteiger partial charge in [0.1, 0.15) is 0 Å². The van der Waals surface area contributed by atoms with Gasteiger partial charge in [-0.1, -0.05) is 24.5 Å². The van der Waals surface area contributed by atoms with Gasteiger partial charge in [-0.2, -0.15) is 0 Å². The number of H-pyrrole nitrogens is 1. The topological polar surface area (TPSA) is 15.8 Å². The van der Waals surface area contributed by atoms with Gasteiger partial charge in [0.15, 0.2) is 0 Å². The number of rotatable bonds is 0. The molecule has 0 saturated heterocycles. The number of aryl methyl sites for hydroxylation is 3. The summed E-state index contributed by atoms with van der Waals surface area (Å²) in [7, 11) is 0. The van der Waals surface area contributed by atoms with E-state index in [1.54, 1.807) is 5.56 Å². The first kappa shape index (κ1) is 9.95. The highest BCUT2D eigenvalue weighted by Gasteiger charge is 2.12. The summed E-state index contributed by atoms with van der Waals surface area (Å²) in [4.78, 5) is 3.61. The molecular formula is C15H19N. The quantitative estimate of drug-likeness (QED) is 0.677. The minimum absolute atomic E-state index is 1.24. The Labute approximate surface area is 96.9 Å². The highest BCUT2D eigenvalue weighted by molar-refractivity contribution is 5.85. The van der Waals surface area contributed by atoms with Crippen LogP contribution in [0.3, 0.4) is 0 Å². The second-order valence-electron chi connectivity index (χ2n) is 5.05. The molecule has 2 aromatic rings. The van der Waals surface area contributed by atoms with Crippen molar-refractivity contribution in [2.24, 2.45) is 0 Å². The Morgan fingerprint density at radius 1 is 1.00 bits per heavy atom. The molecule has 0 atom stereocenters. The fraction of sp³-hybridized carbons (Fsp3) is 0.467. The molecule has 1 aromatic heterocycles. The maximum atomic E-state index is 3.61. The zero-order valence-corrected chi connectivity index (χ0v) is 9.97. The number of hydrogen-bond acceptors (Lipinski definition) is 0. The molecule has 1 aliphatic rings. The highest BCUT2D eigenvalue weighted by atomic mass is 14.7. The first-order valence-corrected chi connectivity index (χ1v) is 6.45. The SMILES string of the molecule is Cc1ccc2[nH]c3c(c2c1)CCCCCC3. The third-order valence-corrected chi connectivity index (χ3v) is 3.75. The summed E-state index contributed by atoms with van der Waals surface area (Å²) in [6.07, 6.45) is 8.00. The van der Waals surface area contributed by atoms with Crippen molar-refractivity contribution in [2.75, 3.05) is 0 Å². The minimum atomic E-state index is 1.24. The van der Waals surface area contributed by atoms with Gasteiger partial charge in [-0.25, -0.2) is 0 Å². The smallest absolute Gasteiger partial charge is 0.0459 e. The highest BCUT2D eigenvalue weighted by Crippen LogP contribution is 2.28. The van der Waals surface area contributed by atoms with Crippen molar-refractivity contribution >= 4 is 10.9 Å². The molecule has 1 heteroatoms. The predicted octanol–water partition coefficient (Wildman–Crippen LogP) is 4.14. The van der Waals surface area contributed by atoms with Gasteiger partial charge >= 0.3 is 0 Å². The zero-order valence-electron chi connectivity index (χ0n) is 9.97. The Hall–Kier alpha value is -1.24. The molecule has 0 unspecified atom stereocenters. The van der Waals surface area contributed by atoms with Crippen molar-refractivity contribution in [1.29, 1.82) is 0 Å². The van der Waals surface area contributed by atoms with Crippen molar-refractivity contribution < 1.29 is 0 Å². The summed E-state index contributed by atoms with van der Waals surface area (Å²) in [6, 6.07) is 6.77. The normalized spacial score (nSPS) is 16.8. The number of aromatic amines is 1.